The number of anilines is 1. The smallest absolute Gasteiger partial charge is 0.328 e. The number of esters is 1. The number of carbonyl (C=O) groups excluding carboxylic acids is 1. The van der Waals surface area contributed by atoms with Crippen molar-refractivity contribution >= 4 is 27.7 Å². The molecule has 0 aromatic carbocycles. The van der Waals surface area contributed by atoms with Crippen molar-refractivity contribution in [1.82, 2.24) is 4.98 Å². The number of pyridine rings is 1. The molecule has 1 atom stereocenters. The predicted octanol–water partition coefficient (Wildman–Crippen LogP) is 3.07. The number of rotatable bonds is 3. The third kappa shape index (κ3) is 3.26. The van der Waals surface area contributed by atoms with Gasteiger partial charge in [-0.1, -0.05) is 0 Å². The van der Waals surface area contributed by atoms with Gasteiger partial charge in [0.2, 0.25) is 0 Å². The lowest BCUT2D eigenvalue weighted by Crippen LogP contribution is -2.46. The summed E-state index contributed by atoms with van der Waals surface area (Å²) in [5.41, 5.74) is 0.936. The van der Waals surface area contributed by atoms with Gasteiger partial charge in [0.25, 0.3) is 0 Å². The Morgan fingerprint density at radius 3 is 3.00 bits per heavy atom. The molecular weight excluding hydrogens is 308 g/mol. The largest absolute Gasteiger partial charge is 0.464 e. The number of piperidine rings is 1. The quantitative estimate of drug-likeness (QED) is 0.800. The van der Waals surface area contributed by atoms with Gasteiger partial charge in [0.1, 0.15) is 11.9 Å². The molecule has 0 N–H and O–H groups in total. The number of hydrogen-bond donors (Lipinski definition) is 0. The summed E-state index contributed by atoms with van der Waals surface area (Å²) in [7, 11) is 0. The van der Waals surface area contributed by atoms with Crippen molar-refractivity contribution in [1.29, 1.82) is 0 Å². The van der Waals surface area contributed by atoms with Crippen LogP contribution in [0.25, 0.3) is 0 Å². The van der Waals surface area contributed by atoms with Gasteiger partial charge in [0.05, 0.1) is 12.3 Å². The van der Waals surface area contributed by atoms with Crippen molar-refractivity contribution in [2.45, 2.75) is 39.2 Å². The molecule has 0 saturated carbocycles. The minimum atomic E-state index is -0.193. The van der Waals surface area contributed by atoms with Gasteiger partial charge in [-0.05, 0) is 61.2 Å². The molecule has 5 heteroatoms. The van der Waals surface area contributed by atoms with Crippen molar-refractivity contribution in [3.8, 4) is 0 Å². The molecule has 1 aliphatic rings. The number of hydrogen-bond acceptors (Lipinski definition) is 4. The van der Waals surface area contributed by atoms with Crippen molar-refractivity contribution in [3.05, 3.63) is 22.3 Å². The van der Waals surface area contributed by atoms with E-state index in [2.05, 4.69) is 25.8 Å². The average molecular weight is 327 g/mol. The molecule has 0 radical (unpaired) electrons. The molecule has 0 spiro atoms. The Hall–Kier alpha value is -1.10. The van der Waals surface area contributed by atoms with E-state index in [-0.39, 0.29) is 12.0 Å². The fourth-order valence-electron chi connectivity index (χ4n) is 2.38. The average Bonchev–Trinajstić information content (AvgIpc) is 2.42. The second kappa shape index (κ2) is 6.37. The third-order valence-electron chi connectivity index (χ3n) is 3.36. The summed E-state index contributed by atoms with van der Waals surface area (Å²) in [5, 5.41) is 0. The normalized spacial score (nSPS) is 19.3. The Labute approximate surface area is 122 Å². The summed E-state index contributed by atoms with van der Waals surface area (Å²) < 4.78 is 6.16. The lowest BCUT2D eigenvalue weighted by atomic mass is 10.0. The van der Waals surface area contributed by atoms with E-state index in [0.29, 0.717) is 6.61 Å². The molecule has 1 unspecified atom stereocenters. The van der Waals surface area contributed by atoms with Gasteiger partial charge in [0.15, 0.2) is 0 Å². The van der Waals surface area contributed by atoms with Crippen LogP contribution >= 0.6 is 15.9 Å². The minimum Gasteiger partial charge on any atom is -0.464 e. The van der Waals surface area contributed by atoms with Crippen LogP contribution in [0.3, 0.4) is 0 Å². The van der Waals surface area contributed by atoms with Gasteiger partial charge in [-0.3, -0.25) is 0 Å². The molecule has 19 heavy (non-hydrogen) atoms. The summed E-state index contributed by atoms with van der Waals surface area (Å²) in [6.45, 7) is 5.08. The van der Waals surface area contributed by atoms with Gasteiger partial charge in [-0.15, -0.1) is 0 Å². The maximum Gasteiger partial charge on any atom is 0.328 e. The third-order valence-corrected chi connectivity index (χ3v) is 4.20. The molecular formula is C14H19BrN2O2. The van der Waals surface area contributed by atoms with E-state index in [1.165, 1.54) is 0 Å². The first kappa shape index (κ1) is 14.3. The molecule has 1 aromatic rings. The second-order valence-electron chi connectivity index (χ2n) is 4.69. The monoisotopic (exact) mass is 326 g/mol. The Morgan fingerprint density at radius 2 is 2.32 bits per heavy atom. The first-order valence-electron chi connectivity index (χ1n) is 6.70. The summed E-state index contributed by atoms with van der Waals surface area (Å²) in [5.74, 6) is 0.725. The zero-order valence-corrected chi connectivity index (χ0v) is 12.9. The highest BCUT2D eigenvalue weighted by molar-refractivity contribution is 9.10. The SMILES string of the molecule is CCOC(=O)C1CCCCN1c1ccc(Br)c(C)n1. The van der Waals surface area contributed by atoms with E-state index in [1.807, 2.05) is 26.0 Å². The zero-order valence-electron chi connectivity index (χ0n) is 11.4. The van der Waals surface area contributed by atoms with E-state index in [9.17, 15) is 4.79 Å². The lowest BCUT2D eigenvalue weighted by Gasteiger charge is -2.35. The number of aryl methyl sites for hydroxylation is 1. The van der Waals surface area contributed by atoms with E-state index in [0.717, 1.165) is 41.8 Å². The molecule has 4 nitrogen and oxygen atoms in total. The topological polar surface area (TPSA) is 42.4 Å². The van der Waals surface area contributed by atoms with Gasteiger partial charge in [0, 0.05) is 11.0 Å². The molecule has 1 saturated heterocycles. The van der Waals surface area contributed by atoms with Crippen LogP contribution in [0, 0.1) is 6.92 Å². The molecule has 0 aliphatic carbocycles. The van der Waals surface area contributed by atoms with Gasteiger partial charge in [-0.2, -0.15) is 0 Å². The van der Waals surface area contributed by atoms with Crippen LogP contribution in [0.5, 0.6) is 0 Å². The molecule has 1 aromatic heterocycles. The van der Waals surface area contributed by atoms with Crippen molar-refractivity contribution in [2.75, 3.05) is 18.1 Å². The number of carbonyl (C=O) groups is 1. The first-order chi connectivity index (χ1) is 9.13. The van der Waals surface area contributed by atoms with Gasteiger partial charge in [-0.25, -0.2) is 9.78 Å². The Balaban J connectivity index is 2.23. The molecule has 104 valence electrons. The number of aromatic nitrogens is 1. The van der Waals surface area contributed by atoms with E-state index < -0.39 is 0 Å². The van der Waals surface area contributed by atoms with E-state index >= 15 is 0 Å². The predicted molar refractivity (Wildman–Crippen MR) is 78.3 cm³/mol. The van der Waals surface area contributed by atoms with Gasteiger partial charge >= 0.3 is 5.97 Å². The molecule has 2 heterocycles. The second-order valence-corrected chi connectivity index (χ2v) is 5.55. The summed E-state index contributed by atoms with van der Waals surface area (Å²) >= 11 is 3.45. The van der Waals surface area contributed by atoms with Gasteiger partial charge < -0.3 is 9.64 Å². The highest BCUT2D eigenvalue weighted by Gasteiger charge is 2.30. The van der Waals surface area contributed by atoms with Crippen LogP contribution in [0.2, 0.25) is 0 Å². The van der Waals surface area contributed by atoms with Crippen LogP contribution in [-0.4, -0.2) is 30.1 Å². The van der Waals surface area contributed by atoms with E-state index in [1.54, 1.807) is 0 Å². The van der Waals surface area contributed by atoms with Crippen molar-refractivity contribution < 1.29 is 9.53 Å². The Kier molecular flexibility index (Phi) is 4.80. The lowest BCUT2D eigenvalue weighted by molar-refractivity contribution is -0.145. The van der Waals surface area contributed by atoms with Crippen LogP contribution in [0.4, 0.5) is 5.82 Å². The summed E-state index contributed by atoms with van der Waals surface area (Å²) in [6, 6.07) is 3.74. The molecule has 0 amide bonds. The number of ether oxygens (including phenoxy) is 1. The van der Waals surface area contributed by atoms with E-state index in [4.69, 9.17) is 4.74 Å². The minimum absolute atomic E-state index is 0.135. The summed E-state index contributed by atoms with van der Waals surface area (Å²) in [6.07, 6.45) is 3.00. The highest BCUT2D eigenvalue weighted by atomic mass is 79.9. The fraction of sp³-hybridized carbons (Fsp3) is 0.571. The summed E-state index contributed by atoms with van der Waals surface area (Å²) in [4.78, 5) is 18.7. The Bertz CT molecular complexity index is 465. The van der Waals surface area contributed by atoms with Crippen LogP contribution < -0.4 is 4.90 Å². The standard InChI is InChI=1S/C14H19BrN2O2/c1-3-19-14(18)12-6-4-5-9-17(12)13-8-7-11(15)10(2)16-13/h7-8,12H,3-6,9H2,1-2H3. The van der Waals surface area contributed by atoms with Crippen LogP contribution in [0.1, 0.15) is 31.9 Å². The van der Waals surface area contributed by atoms with Crippen LogP contribution in [-0.2, 0) is 9.53 Å². The van der Waals surface area contributed by atoms with Crippen molar-refractivity contribution in [3.63, 3.8) is 0 Å². The number of nitrogens with zero attached hydrogens (tertiary/aromatic N) is 2. The fourth-order valence-corrected chi connectivity index (χ4v) is 2.60. The highest BCUT2D eigenvalue weighted by Crippen LogP contribution is 2.26. The molecule has 0 bridgehead atoms. The zero-order chi connectivity index (χ0) is 13.8. The Morgan fingerprint density at radius 1 is 1.53 bits per heavy atom. The maximum atomic E-state index is 12.0. The first-order valence-corrected chi connectivity index (χ1v) is 7.49. The molecule has 1 fully saturated rings. The molecule has 1 aliphatic heterocycles. The van der Waals surface area contributed by atoms with Crippen molar-refractivity contribution in [2.24, 2.45) is 0 Å². The molecule has 2 rings (SSSR count). The van der Waals surface area contributed by atoms with Crippen LogP contribution in [0.15, 0.2) is 16.6 Å². The number of halogens is 1. The maximum absolute atomic E-state index is 12.0.